The average Bonchev–Trinajstić information content (AvgIpc) is 2.15. The molecule has 1 aromatic carbocycles. The highest BCUT2D eigenvalue weighted by atomic mass is 35.5. The minimum Gasteiger partial charge on any atom is -0.492 e. The van der Waals surface area contributed by atoms with E-state index in [4.69, 9.17) is 16.3 Å². The van der Waals surface area contributed by atoms with Gasteiger partial charge in [-0.05, 0) is 0 Å². The first-order valence-electron chi connectivity index (χ1n) is 3.77. The number of rotatable bonds is 4. The van der Waals surface area contributed by atoms with Gasteiger partial charge < -0.3 is 4.74 Å². The molecule has 0 unspecified atom stereocenters. The Morgan fingerprint density at radius 2 is 2.00 bits per heavy atom. The SMILES string of the molecule is C=C(OCCCl)c1ccccc1. The van der Waals surface area contributed by atoms with Gasteiger partial charge in [-0.3, -0.25) is 0 Å². The Morgan fingerprint density at radius 1 is 1.33 bits per heavy atom. The largest absolute Gasteiger partial charge is 0.492 e. The number of benzene rings is 1. The van der Waals surface area contributed by atoms with Crippen molar-refractivity contribution in [2.75, 3.05) is 12.5 Å². The lowest BCUT2D eigenvalue weighted by atomic mass is 10.2. The highest BCUT2D eigenvalue weighted by Crippen LogP contribution is 2.12. The van der Waals surface area contributed by atoms with Crippen LogP contribution in [0.5, 0.6) is 0 Å². The first-order chi connectivity index (χ1) is 5.84. The van der Waals surface area contributed by atoms with Gasteiger partial charge in [-0.1, -0.05) is 36.9 Å². The molecular weight excluding hydrogens is 172 g/mol. The fourth-order valence-electron chi connectivity index (χ4n) is 0.869. The number of halogens is 1. The monoisotopic (exact) mass is 182 g/mol. The van der Waals surface area contributed by atoms with E-state index in [0.29, 0.717) is 18.2 Å². The van der Waals surface area contributed by atoms with Crippen LogP contribution in [0.15, 0.2) is 36.9 Å². The standard InChI is InChI=1S/C10H11ClO/c1-9(12-8-7-11)10-5-3-2-4-6-10/h2-6H,1,7-8H2. The molecule has 0 N–H and O–H groups in total. The van der Waals surface area contributed by atoms with Crippen LogP contribution in [0.2, 0.25) is 0 Å². The fraction of sp³-hybridized carbons (Fsp3) is 0.200. The molecule has 0 bridgehead atoms. The summed E-state index contributed by atoms with van der Waals surface area (Å²) in [6.07, 6.45) is 0. The number of hydrogen-bond acceptors (Lipinski definition) is 1. The van der Waals surface area contributed by atoms with Crippen molar-refractivity contribution in [2.45, 2.75) is 0 Å². The molecule has 2 heteroatoms. The molecule has 0 aliphatic heterocycles. The third-order valence-corrected chi connectivity index (χ3v) is 1.60. The summed E-state index contributed by atoms with van der Waals surface area (Å²) in [6, 6.07) is 9.76. The lowest BCUT2D eigenvalue weighted by Crippen LogP contribution is -1.93. The van der Waals surface area contributed by atoms with Crippen LogP contribution in [0, 0.1) is 0 Å². The van der Waals surface area contributed by atoms with Gasteiger partial charge in [0.1, 0.15) is 12.4 Å². The molecule has 0 amide bonds. The number of ether oxygens (including phenoxy) is 1. The molecule has 0 aromatic heterocycles. The molecule has 0 saturated heterocycles. The molecule has 0 aliphatic rings. The van der Waals surface area contributed by atoms with E-state index < -0.39 is 0 Å². The van der Waals surface area contributed by atoms with E-state index in [9.17, 15) is 0 Å². The summed E-state index contributed by atoms with van der Waals surface area (Å²) in [5, 5.41) is 0. The quantitative estimate of drug-likeness (QED) is 0.514. The predicted octanol–water partition coefficient (Wildman–Crippen LogP) is 2.91. The molecule has 0 spiro atoms. The van der Waals surface area contributed by atoms with E-state index in [1.165, 1.54) is 0 Å². The normalized spacial score (nSPS) is 9.42. The van der Waals surface area contributed by atoms with Gasteiger partial charge in [0.05, 0.1) is 5.88 Å². The van der Waals surface area contributed by atoms with Crippen molar-refractivity contribution in [3.8, 4) is 0 Å². The first kappa shape index (κ1) is 9.14. The van der Waals surface area contributed by atoms with Crippen molar-refractivity contribution in [2.24, 2.45) is 0 Å². The van der Waals surface area contributed by atoms with E-state index in [1.54, 1.807) is 0 Å². The Balaban J connectivity index is 2.54. The topological polar surface area (TPSA) is 9.23 Å². The molecule has 0 fully saturated rings. The average molecular weight is 183 g/mol. The van der Waals surface area contributed by atoms with E-state index in [0.717, 1.165) is 5.56 Å². The number of alkyl halides is 1. The zero-order valence-electron chi connectivity index (χ0n) is 6.79. The van der Waals surface area contributed by atoms with Gasteiger partial charge in [0.25, 0.3) is 0 Å². The fourth-order valence-corrected chi connectivity index (χ4v) is 0.946. The minimum absolute atomic E-state index is 0.492. The molecular formula is C10H11ClO. The smallest absolute Gasteiger partial charge is 0.119 e. The summed E-state index contributed by atoms with van der Waals surface area (Å²) in [5.41, 5.74) is 1.00. The van der Waals surface area contributed by atoms with Crippen LogP contribution in [0.25, 0.3) is 5.76 Å². The Morgan fingerprint density at radius 3 is 2.58 bits per heavy atom. The Labute approximate surface area is 77.6 Å². The highest BCUT2D eigenvalue weighted by molar-refractivity contribution is 6.18. The van der Waals surface area contributed by atoms with Gasteiger partial charge >= 0.3 is 0 Å². The predicted molar refractivity (Wildman–Crippen MR) is 52.1 cm³/mol. The second kappa shape index (κ2) is 4.83. The summed E-state index contributed by atoms with van der Waals surface area (Å²) < 4.78 is 5.25. The third-order valence-electron chi connectivity index (χ3n) is 1.45. The van der Waals surface area contributed by atoms with Crippen molar-refractivity contribution in [3.63, 3.8) is 0 Å². The second-order valence-electron chi connectivity index (χ2n) is 2.33. The molecule has 0 saturated carbocycles. The van der Waals surface area contributed by atoms with Crippen LogP contribution >= 0.6 is 11.6 Å². The first-order valence-corrected chi connectivity index (χ1v) is 4.31. The molecule has 1 rings (SSSR count). The van der Waals surface area contributed by atoms with Crippen molar-refractivity contribution in [1.82, 2.24) is 0 Å². The maximum absolute atomic E-state index is 5.47. The Kier molecular flexibility index (Phi) is 3.68. The van der Waals surface area contributed by atoms with Gasteiger partial charge in [0.15, 0.2) is 0 Å². The lowest BCUT2D eigenvalue weighted by Gasteiger charge is -2.06. The molecule has 0 atom stereocenters. The molecule has 64 valence electrons. The molecule has 1 aromatic rings. The Hall–Kier alpha value is -0.950. The van der Waals surface area contributed by atoms with Crippen LogP contribution in [-0.4, -0.2) is 12.5 Å². The van der Waals surface area contributed by atoms with Crippen LogP contribution in [0.3, 0.4) is 0 Å². The maximum Gasteiger partial charge on any atom is 0.119 e. The van der Waals surface area contributed by atoms with Gasteiger partial charge in [-0.2, -0.15) is 0 Å². The minimum atomic E-state index is 0.492. The van der Waals surface area contributed by atoms with Crippen LogP contribution < -0.4 is 0 Å². The zero-order valence-corrected chi connectivity index (χ0v) is 7.55. The van der Waals surface area contributed by atoms with Crippen LogP contribution in [-0.2, 0) is 4.74 Å². The van der Waals surface area contributed by atoms with E-state index in [2.05, 4.69) is 6.58 Å². The van der Waals surface area contributed by atoms with Crippen LogP contribution in [0.4, 0.5) is 0 Å². The van der Waals surface area contributed by atoms with Gasteiger partial charge in [-0.25, -0.2) is 0 Å². The summed E-state index contributed by atoms with van der Waals surface area (Å²) >= 11 is 5.47. The van der Waals surface area contributed by atoms with Gasteiger partial charge in [0, 0.05) is 5.56 Å². The Bertz CT molecular complexity index is 243. The molecule has 1 nitrogen and oxygen atoms in total. The molecule has 0 aliphatic carbocycles. The number of hydrogen-bond donors (Lipinski definition) is 0. The van der Waals surface area contributed by atoms with E-state index in [-0.39, 0.29) is 0 Å². The summed E-state index contributed by atoms with van der Waals surface area (Å²) in [6.45, 7) is 4.29. The second-order valence-corrected chi connectivity index (χ2v) is 2.70. The molecule has 0 radical (unpaired) electrons. The lowest BCUT2D eigenvalue weighted by molar-refractivity contribution is 0.301. The molecule has 0 heterocycles. The zero-order chi connectivity index (χ0) is 8.81. The van der Waals surface area contributed by atoms with E-state index >= 15 is 0 Å². The van der Waals surface area contributed by atoms with Crippen molar-refractivity contribution >= 4 is 17.4 Å². The van der Waals surface area contributed by atoms with Gasteiger partial charge in [0.2, 0.25) is 0 Å². The molecule has 12 heavy (non-hydrogen) atoms. The van der Waals surface area contributed by atoms with Crippen molar-refractivity contribution < 1.29 is 4.74 Å². The third kappa shape index (κ3) is 2.59. The van der Waals surface area contributed by atoms with Crippen molar-refractivity contribution in [1.29, 1.82) is 0 Å². The van der Waals surface area contributed by atoms with E-state index in [1.807, 2.05) is 30.3 Å². The maximum atomic E-state index is 5.47. The van der Waals surface area contributed by atoms with Gasteiger partial charge in [-0.15, -0.1) is 11.6 Å². The summed E-state index contributed by atoms with van der Waals surface area (Å²) in [4.78, 5) is 0. The van der Waals surface area contributed by atoms with Crippen molar-refractivity contribution in [3.05, 3.63) is 42.5 Å². The summed E-state index contributed by atoms with van der Waals surface area (Å²) in [7, 11) is 0. The van der Waals surface area contributed by atoms with Crippen LogP contribution in [0.1, 0.15) is 5.56 Å². The summed E-state index contributed by atoms with van der Waals surface area (Å²) in [5.74, 6) is 1.17. The highest BCUT2D eigenvalue weighted by Gasteiger charge is 1.96.